The van der Waals surface area contributed by atoms with Gasteiger partial charge in [0, 0.05) is 18.5 Å². The van der Waals surface area contributed by atoms with Crippen molar-refractivity contribution in [3.63, 3.8) is 0 Å². The highest BCUT2D eigenvalue weighted by Gasteiger charge is 2.17. The predicted octanol–water partition coefficient (Wildman–Crippen LogP) is 2.18. The van der Waals surface area contributed by atoms with Crippen LogP contribution in [-0.4, -0.2) is 31.2 Å². The van der Waals surface area contributed by atoms with E-state index < -0.39 is 15.9 Å². The predicted molar refractivity (Wildman–Crippen MR) is 120 cm³/mol. The molecule has 0 radical (unpaired) electrons. The smallest absolute Gasteiger partial charge is 0.274 e. The van der Waals surface area contributed by atoms with Gasteiger partial charge in [-0.3, -0.25) is 9.59 Å². The molecule has 0 aliphatic rings. The lowest BCUT2D eigenvalue weighted by Crippen LogP contribution is -2.31. The Bertz CT molecular complexity index is 1250. The SMILES string of the molecule is CCCCn1nc(C(=O)NCc2ccccc2CS(=O)(=O)NC)c2ccccc2c1=O. The van der Waals surface area contributed by atoms with Crippen molar-refractivity contribution in [2.75, 3.05) is 7.05 Å². The highest BCUT2D eigenvalue weighted by Crippen LogP contribution is 2.15. The maximum atomic E-state index is 13.0. The first-order valence-corrected chi connectivity index (χ1v) is 11.8. The lowest BCUT2D eigenvalue weighted by molar-refractivity contribution is 0.0945. The van der Waals surface area contributed by atoms with E-state index >= 15 is 0 Å². The van der Waals surface area contributed by atoms with Crippen LogP contribution in [0.15, 0.2) is 53.3 Å². The minimum atomic E-state index is -3.45. The Hall–Kier alpha value is -3.04. The number of unbranched alkanes of at least 4 members (excludes halogenated alkanes) is 1. The van der Waals surface area contributed by atoms with Crippen LogP contribution in [0.25, 0.3) is 10.8 Å². The Morgan fingerprint density at radius 1 is 1.03 bits per heavy atom. The van der Waals surface area contributed by atoms with E-state index in [0.29, 0.717) is 28.4 Å². The molecule has 1 heterocycles. The van der Waals surface area contributed by atoms with E-state index in [1.54, 1.807) is 48.5 Å². The Morgan fingerprint density at radius 3 is 2.35 bits per heavy atom. The van der Waals surface area contributed by atoms with E-state index in [2.05, 4.69) is 15.1 Å². The first kappa shape index (κ1) is 22.6. The fourth-order valence-electron chi connectivity index (χ4n) is 3.27. The lowest BCUT2D eigenvalue weighted by atomic mass is 10.1. The van der Waals surface area contributed by atoms with Crippen LogP contribution < -0.4 is 15.6 Å². The average Bonchev–Trinajstić information content (AvgIpc) is 2.78. The number of rotatable bonds is 9. The number of fused-ring (bicyclic) bond motifs is 1. The molecular formula is C22H26N4O4S. The molecule has 0 atom stereocenters. The summed E-state index contributed by atoms with van der Waals surface area (Å²) in [4.78, 5) is 25.7. The second kappa shape index (κ2) is 9.84. The zero-order valence-corrected chi connectivity index (χ0v) is 18.4. The second-order valence-corrected chi connectivity index (χ2v) is 9.12. The standard InChI is InChI=1S/C22H26N4O4S/c1-3-4-13-26-22(28)19-12-8-7-11-18(19)20(25-26)21(27)24-14-16-9-5-6-10-17(16)15-31(29,30)23-2/h5-12,23H,3-4,13-15H2,1-2H3,(H,24,27). The summed E-state index contributed by atoms with van der Waals surface area (Å²) in [6.07, 6.45) is 1.68. The molecule has 0 saturated heterocycles. The third kappa shape index (κ3) is 5.36. The Labute approximate surface area is 181 Å². The highest BCUT2D eigenvalue weighted by atomic mass is 32.2. The van der Waals surface area contributed by atoms with Crippen LogP contribution in [0.4, 0.5) is 0 Å². The number of carbonyl (C=O) groups excluding carboxylic acids is 1. The molecule has 1 aromatic heterocycles. The number of nitrogens with one attached hydrogen (secondary N) is 2. The molecule has 0 aliphatic heterocycles. The monoisotopic (exact) mass is 442 g/mol. The second-order valence-electron chi connectivity index (χ2n) is 7.19. The minimum Gasteiger partial charge on any atom is -0.347 e. The first-order valence-electron chi connectivity index (χ1n) is 10.1. The maximum absolute atomic E-state index is 13.0. The average molecular weight is 443 g/mol. The normalized spacial score (nSPS) is 11.5. The minimum absolute atomic E-state index is 0.137. The van der Waals surface area contributed by atoms with Gasteiger partial charge in [-0.15, -0.1) is 0 Å². The topological polar surface area (TPSA) is 110 Å². The molecule has 8 nitrogen and oxygen atoms in total. The molecule has 0 unspecified atom stereocenters. The summed E-state index contributed by atoms with van der Waals surface area (Å²) in [5.74, 6) is -0.605. The van der Waals surface area contributed by atoms with Gasteiger partial charge in [0.25, 0.3) is 11.5 Å². The first-order chi connectivity index (χ1) is 14.9. The Morgan fingerprint density at radius 2 is 1.68 bits per heavy atom. The third-order valence-corrected chi connectivity index (χ3v) is 6.33. The van der Waals surface area contributed by atoms with Crippen molar-refractivity contribution in [2.24, 2.45) is 0 Å². The fraction of sp³-hybridized carbons (Fsp3) is 0.318. The molecule has 1 amide bonds. The number of aromatic nitrogens is 2. The van der Waals surface area contributed by atoms with Gasteiger partial charge < -0.3 is 5.32 Å². The molecule has 3 rings (SSSR count). The molecule has 0 bridgehead atoms. The maximum Gasteiger partial charge on any atom is 0.274 e. The molecule has 0 aliphatic carbocycles. The number of aryl methyl sites for hydroxylation is 1. The molecule has 0 saturated carbocycles. The Balaban J connectivity index is 1.90. The van der Waals surface area contributed by atoms with Gasteiger partial charge in [-0.2, -0.15) is 5.10 Å². The number of carbonyl (C=O) groups is 1. The molecular weight excluding hydrogens is 416 g/mol. The van der Waals surface area contributed by atoms with Gasteiger partial charge in [0.1, 0.15) is 0 Å². The van der Waals surface area contributed by atoms with Crippen LogP contribution in [0.3, 0.4) is 0 Å². The summed E-state index contributed by atoms with van der Waals surface area (Å²) >= 11 is 0. The molecule has 164 valence electrons. The van der Waals surface area contributed by atoms with Gasteiger partial charge in [0.05, 0.1) is 11.1 Å². The molecule has 3 aromatic rings. The van der Waals surface area contributed by atoms with E-state index in [4.69, 9.17) is 0 Å². The Kier molecular flexibility index (Phi) is 7.19. The van der Waals surface area contributed by atoms with Gasteiger partial charge in [0.2, 0.25) is 10.0 Å². The van der Waals surface area contributed by atoms with Gasteiger partial charge in [-0.05, 0) is 30.7 Å². The van der Waals surface area contributed by atoms with Crippen LogP contribution in [0.2, 0.25) is 0 Å². The molecule has 9 heteroatoms. The third-order valence-electron chi connectivity index (χ3n) is 5.02. The van der Waals surface area contributed by atoms with E-state index in [1.165, 1.54) is 11.7 Å². The molecule has 2 aromatic carbocycles. The number of hydrogen-bond acceptors (Lipinski definition) is 5. The zero-order valence-electron chi connectivity index (χ0n) is 17.6. The fourth-order valence-corrected chi connectivity index (χ4v) is 4.10. The lowest BCUT2D eigenvalue weighted by Gasteiger charge is -2.13. The van der Waals surface area contributed by atoms with Crippen molar-refractivity contribution in [3.05, 3.63) is 75.7 Å². The zero-order chi connectivity index (χ0) is 22.4. The highest BCUT2D eigenvalue weighted by molar-refractivity contribution is 7.88. The van der Waals surface area contributed by atoms with Gasteiger partial charge in [-0.25, -0.2) is 17.8 Å². The van der Waals surface area contributed by atoms with E-state index in [0.717, 1.165) is 12.8 Å². The quantitative estimate of drug-likeness (QED) is 0.528. The van der Waals surface area contributed by atoms with Crippen molar-refractivity contribution in [1.82, 2.24) is 19.8 Å². The summed E-state index contributed by atoms with van der Waals surface area (Å²) in [5.41, 5.74) is 1.25. The largest absolute Gasteiger partial charge is 0.347 e. The molecule has 2 N–H and O–H groups in total. The van der Waals surface area contributed by atoms with E-state index in [-0.39, 0.29) is 23.6 Å². The van der Waals surface area contributed by atoms with Crippen molar-refractivity contribution < 1.29 is 13.2 Å². The van der Waals surface area contributed by atoms with Crippen molar-refractivity contribution in [3.8, 4) is 0 Å². The number of hydrogen-bond donors (Lipinski definition) is 2. The van der Waals surface area contributed by atoms with E-state index in [1.807, 2.05) is 6.92 Å². The van der Waals surface area contributed by atoms with Gasteiger partial charge in [-0.1, -0.05) is 55.8 Å². The number of sulfonamides is 1. The van der Waals surface area contributed by atoms with Gasteiger partial charge >= 0.3 is 0 Å². The number of nitrogens with zero attached hydrogens (tertiary/aromatic N) is 2. The molecule has 0 spiro atoms. The van der Waals surface area contributed by atoms with Crippen molar-refractivity contribution >= 4 is 26.7 Å². The summed E-state index contributed by atoms with van der Waals surface area (Å²) < 4.78 is 27.5. The van der Waals surface area contributed by atoms with Crippen LogP contribution in [-0.2, 0) is 28.9 Å². The molecule has 0 fully saturated rings. The summed E-state index contributed by atoms with van der Waals surface area (Å²) in [7, 11) is -2.08. The van der Waals surface area contributed by atoms with Crippen molar-refractivity contribution in [1.29, 1.82) is 0 Å². The number of amides is 1. The molecule has 31 heavy (non-hydrogen) atoms. The van der Waals surface area contributed by atoms with Crippen LogP contribution in [0.1, 0.15) is 41.4 Å². The van der Waals surface area contributed by atoms with Crippen LogP contribution in [0.5, 0.6) is 0 Å². The van der Waals surface area contributed by atoms with Crippen LogP contribution in [0, 0.1) is 0 Å². The summed E-state index contributed by atoms with van der Waals surface area (Å²) in [6, 6.07) is 13.9. The van der Waals surface area contributed by atoms with E-state index in [9.17, 15) is 18.0 Å². The van der Waals surface area contributed by atoms with Crippen molar-refractivity contribution in [2.45, 2.75) is 38.6 Å². The summed E-state index contributed by atoms with van der Waals surface area (Å²) in [6.45, 7) is 2.59. The van der Waals surface area contributed by atoms with Gasteiger partial charge in [0.15, 0.2) is 5.69 Å². The van der Waals surface area contributed by atoms with Crippen LogP contribution >= 0.6 is 0 Å². The summed E-state index contributed by atoms with van der Waals surface area (Å²) in [5, 5.41) is 8.09. The number of benzene rings is 2.